The van der Waals surface area contributed by atoms with E-state index < -0.39 is 11.9 Å². The predicted octanol–water partition coefficient (Wildman–Crippen LogP) is 2.60. The number of hydrogen-bond donors (Lipinski definition) is 2. The number of halogens is 1. The van der Waals surface area contributed by atoms with E-state index in [1.54, 1.807) is 12.1 Å². The lowest BCUT2D eigenvalue weighted by molar-refractivity contribution is -0.143. The van der Waals surface area contributed by atoms with E-state index in [-0.39, 0.29) is 12.0 Å². The maximum atomic E-state index is 11.0. The molecule has 0 saturated heterocycles. The van der Waals surface area contributed by atoms with E-state index in [9.17, 15) is 9.59 Å². The van der Waals surface area contributed by atoms with E-state index in [0.717, 1.165) is 18.4 Å². The number of carboxylic acid groups (broad SMARTS) is 1. The van der Waals surface area contributed by atoms with E-state index in [0.29, 0.717) is 30.0 Å². The van der Waals surface area contributed by atoms with Gasteiger partial charge in [0, 0.05) is 10.6 Å². The SMILES string of the molecule is NC(=O)c1ccc(COC2CCC(C(=O)O)CC2)c(Cl)c1. The smallest absolute Gasteiger partial charge is 0.306 e. The zero-order valence-corrected chi connectivity index (χ0v) is 12.3. The molecule has 6 heteroatoms. The van der Waals surface area contributed by atoms with Crippen LogP contribution in [0.15, 0.2) is 18.2 Å². The Kier molecular flexibility index (Phi) is 5.20. The first-order valence-corrected chi connectivity index (χ1v) is 7.28. The summed E-state index contributed by atoms with van der Waals surface area (Å²) >= 11 is 6.09. The summed E-state index contributed by atoms with van der Waals surface area (Å²) < 4.78 is 5.78. The molecular formula is C15H18ClNO4. The van der Waals surface area contributed by atoms with Crippen molar-refractivity contribution in [3.05, 3.63) is 34.3 Å². The number of amides is 1. The third-order valence-electron chi connectivity index (χ3n) is 3.84. The number of nitrogens with two attached hydrogens (primary N) is 1. The molecule has 1 saturated carbocycles. The normalized spacial score (nSPS) is 22.0. The Morgan fingerprint density at radius 3 is 2.48 bits per heavy atom. The monoisotopic (exact) mass is 311 g/mol. The lowest BCUT2D eigenvalue weighted by atomic mass is 9.87. The Bertz CT molecular complexity index is 538. The van der Waals surface area contributed by atoms with Gasteiger partial charge in [0.25, 0.3) is 0 Å². The predicted molar refractivity (Wildman–Crippen MR) is 78.1 cm³/mol. The summed E-state index contributed by atoms with van der Waals surface area (Å²) in [5, 5.41) is 9.39. The minimum atomic E-state index is -0.724. The summed E-state index contributed by atoms with van der Waals surface area (Å²) in [6.45, 7) is 0.347. The molecule has 1 aromatic carbocycles. The number of hydrogen-bond acceptors (Lipinski definition) is 3. The summed E-state index contributed by atoms with van der Waals surface area (Å²) in [7, 11) is 0. The third-order valence-corrected chi connectivity index (χ3v) is 4.19. The van der Waals surface area contributed by atoms with Crippen LogP contribution >= 0.6 is 11.6 Å². The zero-order valence-electron chi connectivity index (χ0n) is 11.5. The van der Waals surface area contributed by atoms with Crippen molar-refractivity contribution in [2.24, 2.45) is 11.7 Å². The van der Waals surface area contributed by atoms with Gasteiger partial charge in [0.2, 0.25) is 5.91 Å². The van der Waals surface area contributed by atoms with Gasteiger partial charge in [-0.3, -0.25) is 9.59 Å². The second kappa shape index (κ2) is 6.91. The maximum absolute atomic E-state index is 11.0. The van der Waals surface area contributed by atoms with Gasteiger partial charge in [-0.1, -0.05) is 17.7 Å². The summed E-state index contributed by atoms with van der Waals surface area (Å²) in [5.74, 6) is -1.49. The van der Waals surface area contributed by atoms with Crippen LogP contribution in [0.5, 0.6) is 0 Å². The molecule has 114 valence electrons. The Morgan fingerprint density at radius 1 is 1.29 bits per heavy atom. The average molecular weight is 312 g/mol. The van der Waals surface area contributed by atoms with Crippen LogP contribution in [0.2, 0.25) is 5.02 Å². The molecule has 1 aliphatic carbocycles. The fourth-order valence-corrected chi connectivity index (χ4v) is 2.74. The van der Waals surface area contributed by atoms with Crippen LogP contribution < -0.4 is 5.73 Å². The van der Waals surface area contributed by atoms with E-state index in [2.05, 4.69) is 0 Å². The molecule has 21 heavy (non-hydrogen) atoms. The van der Waals surface area contributed by atoms with Gasteiger partial charge in [-0.15, -0.1) is 0 Å². The molecule has 0 unspecified atom stereocenters. The highest BCUT2D eigenvalue weighted by molar-refractivity contribution is 6.31. The molecule has 3 N–H and O–H groups in total. The molecule has 0 atom stereocenters. The Hall–Kier alpha value is -1.59. The van der Waals surface area contributed by atoms with E-state index in [1.807, 2.05) is 0 Å². The Morgan fingerprint density at radius 2 is 1.95 bits per heavy atom. The van der Waals surface area contributed by atoms with Crippen LogP contribution in [0.25, 0.3) is 0 Å². The molecule has 0 bridgehead atoms. The largest absolute Gasteiger partial charge is 0.481 e. The van der Waals surface area contributed by atoms with E-state index in [1.165, 1.54) is 6.07 Å². The van der Waals surface area contributed by atoms with Crippen LogP contribution in [0.3, 0.4) is 0 Å². The Labute approximate surface area is 128 Å². The first-order valence-electron chi connectivity index (χ1n) is 6.90. The summed E-state index contributed by atoms with van der Waals surface area (Å²) in [4.78, 5) is 21.9. The van der Waals surface area contributed by atoms with Gasteiger partial charge in [-0.25, -0.2) is 0 Å². The van der Waals surface area contributed by atoms with Gasteiger partial charge in [-0.05, 0) is 43.4 Å². The number of carboxylic acids is 1. The molecule has 0 spiro atoms. The first-order chi connectivity index (χ1) is 9.97. The molecular weight excluding hydrogens is 294 g/mol. The molecule has 2 rings (SSSR count). The molecule has 0 heterocycles. The third kappa shape index (κ3) is 4.19. The topological polar surface area (TPSA) is 89.6 Å². The first kappa shape index (κ1) is 15.8. The van der Waals surface area contributed by atoms with Crippen molar-refractivity contribution in [2.75, 3.05) is 0 Å². The van der Waals surface area contributed by atoms with Crippen LogP contribution in [0, 0.1) is 5.92 Å². The van der Waals surface area contributed by atoms with Crippen LogP contribution in [-0.2, 0) is 16.1 Å². The molecule has 0 aliphatic heterocycles. The van der Waals surface area contributed by atoms with Gasteiger partial charge in [0.05, 0.1) is 18.6 Å². The van der Waals surface area contributed by atoms with Crippen molar-refractivity contribution >= 4 is 23.5 Å². The number of aliphatic carboxylic acids is 1. The summed E-state index contributed by atoms with van der Waals surface area (Å²) in [6.07, 6.45) is 2.84. The number of benzene rings is 1. The fraction of sp³-hybridized carbons (Fsp3) is 0.467. The van der Waals surface area contributed by atoms with Crippen molar-refractivity contribution in [3.63, 3.8) is 0 Å². The fourth-order valence-electron chi connectivity index (χ4n) is 2.50. The average Bonchev–Trinajstić information content (AvgIpc) is 2.46. The molecule has 1 aromatic rings. The number of ether oxygens (including phenoxy) is 1. The molecule has 0 aromatic heterocycles. The van der Waals surface area contributed by atoms with Gasteiger partial charge in [0.15, 0.2) is 0 Å². The van der Waals surface area contributed by atoms with E-state index in [4.69, 9.17) is 27.2 Å². The van der Waals surface area contributed by atoms with Crippen molar-refractivity contribution in [1.29, 1.82) is 0 Å². The highest BCUT2D eigenvalue weighted by Gasteiger charge is 2.26. The molecule has 1 amide bonds. The maximum Gasteiger partial charge on any atom is 0.306 e. The van der Waals surface area contributed by atoms with E-state index >= 15 is 0 Å². The number of carbonyl (C=O) groups excluding carboxylic acids is 1. The van der Waals surface area contributed by atoms with Gasteiger partial charge in [-0.2, -0.15) is 0 Å². The molecule has 0 radical (unpaired) electrons. The molecule has 1 fully saturated rings. The van der Waals surface area contributed by atoms with Crippen molar-refractivity contribution in [2.45, 2.75) is 38.4 Å². The van der Waals surface area contributed by atoms with Crippen molar-refractivity contribution in [1.82, 2.24) is 0 Å². The standard InChI is InChI=1S/C15H18ClNO4/c16-13-7-10(14(17)18)1-2-11(13)8-21-12-5-3-9(4-6-12)15(19)20/h1-2,7,9,12H,3-6,8H2,(H2,17,18)(H,19,20). The second-order valence-corrected chi connectivity index (χ2v) is 5.70. The van der Waals surface area contributed by atoms with Gasteiger partial charge in [0.1, 0.15) is 0 Å². The number of rotatable bonds is 5. The van der Waals surface area contributed by atoms with Crippen LogP contribution in [-0.4, -0.2) is 23.1 Å². The van der Waals surface area contributed by atoms with Crippen molar-refractivity contribution < 1.29 is 19.4 Å². The lowest BCUT2D eigenvalue weighted by Crippen LogP contribution is -2.26. The summed E-state index contributed by atoms with van der Waals surface area (Å²) in [6, 6.07) is 4.88. The highest BCUT2D eigenvalue weighted by atomic mass is 35.5. The molecule has 5 nitrogen and oxygen atoms in total. The minimum absolute atomic E-state index is 0.0625. The number of carbonyl (C=O) groups is 2. The number of primary amides is 1. The van der Waals surface area contributed by atoms with Crippen molar-refractivity contribution in [3.8, 4) is 0 Å². The van der Waals surface area contributed by atoms with Gasteiger partial charge >= 0.3 is 5.97 Å². The van der Waals surface area contributed by atoms with Crippen LogP contribution in [0.1, 0.15) is 41.6 Å². The molecule has 1 aliphatic rings. The van der Waals surface area contributed by atoms with Crippen LogP contribution in [0.4, 0.5) is 0 Å². The Balaban J connectivity index is 1.87. The van der Waals surface area contributed by atoms with Gasteiger partial charge < -0.3 is 15.6 Å². The summed E-state index contributed by atoms with van der Waals surface area (Å²) in [5.41, 5.74) is 6.34. The quantitative estimate of drug-likeness (QED) is 0.874. The minimum Gasteiger partial charge on any atom is -0.481 e. The zero-order chi connectivity index (χ0) is 15.4. The second-order valence-electron chi connectivity index (χ2n) is 5.29. The lowest BCUT2D eigenvalue weighted by Gasteiger charge is -2.26. The highest BCUT2D eigenvalue weighted by Crippen LogP contribution is 2.28.